The highest BCUT2D eigenvalue weighted by atomic mass is 35.5. The second-order valence-corrected chi connectivity index (χ2v) is 11.5. The van der Waals surface area contributed by atoms with Crippen molar-refractivity contribution < 1.29 is 27.5 Å². The van der Waals surface area contributed by atoms with E-state index in [4.69, 9.17) is 26.8 Å². The first-order valence-electron chi connectivity index (χ1n) is 12.7. The fourth-order valence-corrected chi connectivity index (χ4v) is 4.45. The number of sulfone groups is 1. The number of carbonyl (C=O) groups is 2. The summed E-state index contributed by atoms with van der Waals surface area (Å²) in [6.45, 7) is 0.364. The predicted octanol–water partition coefficient (Wildman–Crippen LogP) is 3.96. The number of halogens is 1. The Morgan fingerprint density at radius 2 is 1.76 bits per heavy atom. The van der Waals surface area contributed by atoms with Crippen LogP contribution in [0.2, 0.25) is 5.02 Å². The molecule has 2 aromatic heterocycles. The monoisotopic (exact) mass is 609 g/mol. The lowest BCUT2D eigenvalue weighted by atomic mass is 10.1. The average molecular weight is 610 g/mol. The van der Waals surface area contributed by atoms with Crippen LogP contribution < -0.4 is 21.1 Å². The first-order chi connectivity index (χ1) is 20.1. The van der Waals surface area contributed by atoms with E-state index in [0.29, 0.717) is 11.6 Å². The lowest BCUT2D eigenvalue weighted by Crippen LogP contribution is -2.30. The highest BCUT2D eigenvalue weighted by Gasteiger charge is 2.21. The first kappa shape index (κ1) is 30.6. The molecule has 11 nitrogen and oxygen atoms in total. The van der Waals surface area contributed by atoms with Crippen LogP contribution in [0.4, 0.5) is 11.5 Å². The maximum Gasteiger partial charge on any atom is 0.277 e. The summed E-state index contributed by atoms with van der Waals surface area (Å²) in [6, 6.07) is 19.5. The third-order valence-corrected chi connectivity index (χ3v) is 7.22. The maximum atomic E-state index is 13.4. The van der Waals surface area contributed by atoms with Gasteiger partial charge in [-0.1, -0.05) is 41.9 Å². The number of ether oxygens (including phenoxy) is 2. The molecular formula is C29H28ClN5O6S. The Morgan fingerprint density at radius 3 is 2.45 bits per heavy atom. The number of nitrogens with zero attached hydrogens (tertiary/aromatic N) is 2. The van der Waals surface area contributed by atoms with Crippen molar-refractivity contribution >= 4 is 44.8 Å². The molecule has 218 valence electrons. The Balaban J connectivity index is 1.53. The van der Waals surface area contributed by atoms with Crippen LogP contribution in [0.1, 0.15) is 26.4 Å². The molecule has 0 bridgehead atoms. The Bertz CT molecular complexity index is 1650. The lowest BCUT2D eigenvalue weighted by molar-refractivity contribution is 0.0150. The Labute approximate surface area is 248 Å². The van der Waals surface area contributed by atoms with E-state index in [-0.39, 0.29) is 46.6 Å². The van der Waals surface area contributed by atoms with Crippen LogP contribution in [-0.4, -0.2) is 55.7 Å². The van der Waals surface area contributed by atoms with Gasteiger partial charge >= 0.3 is 0 Å². The summed E-state index contributed by atoms with van der Waals surface area (Å²) in [6.07, 6.45) is 3.28. The van der Waals surface area contributed by atoms with Crippen molar-refractivity contribution in [2.75, 3.05) is 30.0 Å². The third-order valence-electron chi connectivity index (χ3n) is 5.88. The molecule has 2 heterocycles. The minimum Gasteiger partial charge on any atom is -0.490 e. The summed E-state index contributed by atoms with van der Waals surface area (Å²) in [5.74, 6) is -1.04. The fourth-order valence-electron chi connectivity index (χ4n) is 3.70. The minimum atomic E-state index is -3.61. The number of pyridine rings is 2. The van der Waals surface area contributed by atoms with Gasteiger partial charge < -0.3 is 25.8 Å². The summed E-state index contributed by atoms with van der Waals surface area (Å²) in [7, 11) is -3.61. The molecule has 42 heavy (non-hydrogen) atoms. The number of rotatable bonds is 12. The molecule has 0 aliphatic heterocycles. The zero-order chi connectivity index (χ0) is 30.1. The van der Waals surface area contributed by atoms with Gasteiger partial charge in [-0.15, -0.1) is 0 Å². The molecule has 4 aromatic rings. The summed E-state index contributed by atoms with van der Waals surface area (Å²) < 4.78 is 36.2. The Morgan fingerprint density at radius 1 is 0.976 bits per heavy atom. The number of nitrogens with two attached hydrogens (primary N) is 1. The zero-order valence-electron chi connectivity index (χ0n) is 22.5. The number of carbonyl (C=O) groups excluding carboxylic acids is 2. The summed E-state index contributed by atoms with van der Waals surface area (Å²) in [5, 5.41) is 5.66. The molecule has 0 radical (unpaired) electrons. The summed E-state index contributed by atoms with van der Waals surface area (Å²) >= 11 is 5.85. The van der Waals surface area contributed by atoms with E-state index in [2.05, 4.69) is 20.6 Å². The van der Waals surface area contributed by atoms with Crippen LogP contribution in [0.15, 0.2) is 90.1 Å². The van der Waals surface area contributed by atoms with Gasteiger partial charge in [0.1, 0.15) is 24.3 Å². The van der Waals surface area contributed by atoms with Gasteiger partial charge in [0.25, 0.3) is 11.8 Å². The second kappa shape index (κ2) is 14.0. The molecule has 0 fully saturated rings. The molecule has 0 saturated carbocycles. The number of anilines is 2. The fraction of sp³-hybridized carbons (Fsp3) is 0.172. The van der Waals surface area contributed by atoms with E-state index in [1.54, 1.807) is 12.1 Å². The number of hydrogen-bond acceptors (Lipinski definition) is 9. The number of aromatic nitrogens is 2. The largest absolute Gasteiger partial charge is 0.490 e. The molecule has 0 aliphatic carbocycles. The summed E-state index contributed by atoms with van der Waals surface area (Å²) in [4.78, 5) is 34.4. The van der Waals surface area contributed by atoms with Gasteiger partial charge in [0.15, 0.2) is 15.5 Å². The van der Waals surface area contributed by atoms with Gasteiger partial charge in [-0.05, 0) is 48.0 Å². The van der Waals surface area contributed by atoms with E-state index in [1.807, 2.05) is 30.3 Å². The van der Waals surface area contributed by atoms with Crippen molar-refractivity contribution in [1.82, 2.24) is 9.97 Å². The lowest BCUT2D eigenvalue weighted by Gasteiger charge is -2.19. The van der Waals surface area contributed by atoms with Crippen LogP contribution in [0, 0.1) is 0 Å². The molecule has 0 aliphatic rings. The van der Waals surface area contributed by atoms with Crippen LogP contribution >= 0.6 is 11.6 Å². The highest BCUT2D eigenvalue weighted by Crippen LogP contribution is 2.26. The van der Waals surface area contributed by atoms with Crippen molar-refractivity contribution in [3.8, 4) is 5.75 Å². The highest BCUT2D eigenvalue weighted by molar-refractivity contribution is 7.90. The third kappa shape index (κ3) is 8.33. The van der Waals surface area contributed by atoms with Gasteiger partial charge in [-0.2, -0.15) is 0 Å². The van der Waals surface area contributed by atoms with Gasteiger partial charge in [-0.3, -0.25) is 9.59 Å². The molecular weight excluding hydrogens is 582 g/mol. The number of nitrogens with one attached hydrogen (secondary N) is 2. The molecule has 0 saturated heterocycles. The van der Waals surface area contributed by atoms with Gasteiger partial charge in [0, 0.05) is 25.2 Å². The predicted molar refractivity (Wildman–Crippen MR) is 159 cm³/mol. The second-order valence-electron chi connectivity index (χ2n) is 9.06. The smallest absolute Gasteiger partial charge is 0.277 e. The molecule has 0 unspecified atom stereocenters. The van der Waals surface area contributed by atoms with Gasteiger partial charge in [-0.25, -0.2) is 18.4 Å². The van der Waals surface area contributed by atoms with Gasteiger partial charge in [0.2, 0.25) is 0 Å². The van der Waals surface area contributed by atoms with Crippen LogP contribution in [0.3, 0.4) is 0 Å². The summed E-state index contributed by atoms with van der Waals surface area (Å²) in [5.41, 5.74) is 6.87. The average Bonchev–Trinajstić information content (AvgIpc) is 2.98. The number of amides is 2. The number of benzene rings is 2. The van der Waals surface area contributed by atoms with Crippen molar-refractivity contribution in [2.24, 2.45) is 5.73 Å². The van der Waals surface area contributed by atoms with Crippen molar-refractivity contribution in [2.45, 2.75) is 17.6 Å². The topological polar surface area (TPSA) is 163 Å². The van der Waals surface area contributed by atoms with Crippen molar-refractivity contribution in [3.63, 3.8) is 0 Å². The van der Waals surface area contributed by atoms with E-state index >= 15 is 0 Å². The van der Waals surface area contributed by atoms with Crippen LogP contribution in [0.25, 0.3) is 0 Å². The molecule has 2 amide bonds. The first-order valence-corrected chi connectivity index (χ1v) is 14.9. The van der Waals surface area contributed by atoms with E-state index in [9.17, 15) is 18.0 Å². The molecule has 13 heteroatoms. The molecule has 4 rings (SSSR count). The van der Waals surface area contributed by atoms with Crippen molar-refractivity contribution in [1.29, 1.82) is 0 Å². The standard InChI is InChI=1S/C29H28ClN5O6S/c1-42(38,39)22-10-11-23(25(14-22)41-18-21(15-31)40-17-19-6-3-2-4-7-19)28(36)34-24-8-5-13-32-27(24)29(37)35-26-12-9-20(30)16-33-26/h2-14,16,21H,15,17-18,31H2,1H3,(H,34,36)(H,33,35,37)/t21-/m0/s1. The van der Waals surface area contributed by atoms with Crippen molar-refractivity contribution in [3.05, 3.63) is 107 Å². The van der Waals surface area contributed by atoms with Crippen LogP contribution in [0.5, 0.6) is 5.75 Å². The van der Waals surface area contributed by atoms with E-state index < -0.39 is 27.8 Å². The SMILES string of the molecule is CS(=O)(=O)c1ccc(C(=O)Nc2cccnc2C(=O)Nc2ccc(Cl)cn2)c(OC[C@H](CN)OCc2ccccc2)c1. The van der Waals surface area contributed by atoms with Crippen LogP contribution in [-0.2, 0) is 21.2 Å². The Hall–Kier alpha value is -4.36. The minimum absolute atomic E-state index is 0.00237. The molecule has 0 spiro atoms. The molecule has 1 atom stereocenters. The molecule has 4 N–H and O–H groups in total. The molecule has 2 aromatic carbocycles. The quantitative estimate of drug-likeness (QED) is 0.216. The van der Waals surface area contributed by atoms with E-state index in [0.717, 1.165) is 11.8 Å². The normalized spacial score (nSPS) is 11.9. The van der Waals surface area contributed by atoms with Gasteiger partial charge in [0.05, 0.1) is 27.8 Å². The Kier molecular flexibility index (Phi) is 10.2. The maximum absolute atomic E-state index is 13.4. The van der Waals surface area contributed by atoms with E-state index in [1.165, 1.54) is 42.7 Å². The zero-order valence-corrected chi connectivity index (χ0v) is 24.1. The number of hydrogen-bond donors (Lipinski definition) is 3.